The molecule has 14 heavy (non-hydrogen) atoms. The van der Waals surface area contributed by atoms with Crippen molar-refractivity contribution in [3.63, 3.8) is 0 Å². The zero-order chi connectivity index (χ0) is 10.3. The number of fused-ring (bicyclic) bond motifs is 1. The Bertz CT molecular complexity index is 518. The molecule has 0 aliphatic rings. The number of benzene rings is 1. The molecule has 2 N–H and O–H groups in total. The van der Waals surface area contributed by atoms with Gasteiger partial charge in [0.05, 0.1) is 10.0 Å². The fraction of sp³-hybridized carbons (Fsp3) is 0. The summed E-state index contributed by atoms with van der Waals surface area (Å²) in [5.74, 6) is -0.829. The first-order valence-electron chi connectivity index (χ1n) is 3.72. The van der Waals surface area contributed by atoms with E-state index < -0.39 is 5.97 Å². The quantitative estimate of drug-likeness (QED) is 0.839. The highest BCUT2D eigenvalue weighted by Gasteiger charge is 2.12. The largest absolute Gasteiger partial charge is 0.507 e. The van der Waals surface area contributed by atoms with Crippen LogP contribution >= 0.6 is 27.3 Å². The molecule has 3 nitrogen and oxygen atoms in total. The lowest BCUT2D eigenvalue weighted by molar-refractivity contribution is 0.0699. The van der Waals surface area contributed by atoms with E-state index in [1.165, 1.54) is 11.3 Å². The van der Waals surface area contributed by atoms with Crippen LogP contribution in [0.4, 0.5) is 0 Å². The van der Waals surface area contributed by atoms with E-state index in [1.54, 1.807) is 17.5 Å². The molecule has 72 valence electrons. The van der Waals surface area contributed by atoms with Crippen molar-refractivity contribution in [2.24, 2.45) is 0 Å². The minimum atomic E-state index is -0.950. The van der Waals surface area contributed by atoms with Crippen LogP contribution in [0.1, 0.15) is 10.4 Å². The average Bonchev–Trinajstić information content (AvgIpc) is 2.48. The molecule has 5 heteroatoms. The van der Waals surface area contributed by atoms with Crippen LogP contribution in [-0.2, 0) is 0 Å². The number of rotatable bonds is 1. The summed E-state index contributed by atoms with van der Waals surface area (Å²) < 4.78 is 1.27. The molecule has 0 saturated heterocycles. The van der Waals surface area contributed by atoms with Gasteiger partial charge in [0.1, 0.15) is 5.75 Å². The molecule has 0 amide bonds. The Morgan fingerprint density at radius 3 is 2.79 bits per heavy atom. The van der Waals surface area contributed by atoms with E-state index in [9.17, 15) is 9.90 Å². The maximum Gasteiger partial charge on any atom is 0.337 e. The van der Waals surface area contributed by atoms with Gasteiger partial charge in [0, 0.05) is 15.5 Å². The zero-order valence-electron chi connectivity index (χ0n) is 6.82. The van der Waals surface area contributed by atoms with Crippen molar-refractivity contribution >= 4 is 43.3 Å². The van der Waals surface area contributed by atoms with Crippen LogP contribution in [0.3, 0.4) is 0 Å². The third-order valence-corrected chi connectivity index (χ3v) is 3.45. The second kappa shape index (κ2) is 3.25. The maximum atomic E-state index is 10.8. The molecule has 1 aromatic carbocycles. The average molecular weight is 273 g/mol. The summed E-state index contributed by atoms with van der Waals surface area (Å²) in [4.78, 5) is 10.8. The third-order valence-electron chi connectivity index (χ3n) is 1.87. The number of carbonyl (C=O) groups is 1. The molecule has 0 aliphatic heterocycles. The van der Waals surface area contributed by atoms with E-state index >= 15 is 0 Å². The van der Waals surface area contributed by atoms with E-state index in [2.05, 4.69) is 15.9 Å². The molecular weight excluding hydrogens is 268 g/mol. The van der Waals surface area contributed by atoms with Crippen LogP contribution in [0.5, 0.6) is 5.75 Å². The number of halogens is 1. The van der Waals surface area contributed by atoms with E-state index in [0.717, 1.165) is 4.70 Å². The molecule has 2 aromatic rings. The van der Waals surface area contributed by atoms with Gasteiger partial charge in [0.25, 0.3) is 0 Å². The number of aromatic carboxylic acids is 1. The molecule has 0 radical (unpaired) electrons. The lowest BCUT2D eigenvalue weighted by atomic mass is 10.2. The van der Waals surface area contributed by atoms with Gasteiger partial charge < -0.3 is 10.2 Å². The van der Waals surface area contributed by atoms with Gasteiger partial charge in [-0.1, -0.05) is 0 Å². The van der Waals surface area contributed by atoms with Gasteiger partial charge in [-0.25, -0.2) is 4.79 Å². The van der Waals surface area contributed by atoms with Crippen LogP contribution in [0, 0.1) is 0 Å². The second-order valence-corrected chi connectivity index (χ2v) is 4.52. The summed E-state index contributed by atoms with van der Waals surface area (Å²) in [6, 6.07) is 3.17. The predicted octanol–water partition coefficient (Wildman–Crippen LogP) is 3.07. The van der Waals surface area contributed by atoms with Gasteiger partial charge in [-0.05, 0) is 28.1 Å². The molecule has 0 bridgehead atoms. The van der Waals surface area contributed by atoms with Gasteiger partial charge in [0.15, 0.2) is 0 Å². The highest BCUT2D eigenvalue weighted by atomic mass is 79.9. The Kier molecular flexibility index (Phi) is 2.20. The minimum absolute atomic E-state index is 0.122. The lowest BCUT2D eigenvalue weighted by Crippen LogP contribution is -1.93. The third kappa shape index (κ3) is 1.38. The predicted molar refractivity (Wildman–Crippen MR) is 58.1 cm³/mol. The van der Waals surface area contributed by atoms with Gasteiger partial charge >= 0.3 is 5.97 Å². The normalized spacial score (nSPS) is 10.6. The summed E-state index contributed by atoms with van der Waals surface area (Å²) in [5.41, 5.74) is 0.269. The number of aromatic hydroxyl groups is 1. The van der Waals surface area contributed by atoms with Crippen molar-refractivity contribution in [3.8, 4) is 5.75 Å². The van der Waals surface area contributed by atoms with E-state index in [0.29, 0.717) is 9.86 Å². The van der Waals surface area contributed by atoms with E-state index in [1.807, 2.05) is 0 Å². The van der Waals surface area contributed by atoms with Gasteiger partial charge in [-0.15, -0.1) is 11.3 Å². The lowest BCUT2D eigenvalue weighted by Gasteiger charge is -1.97. The second-order valence-electron chi connectivity index (χ2n) is 2.75. The van der Waals surface area contributed by atoms with Crippen molar-refractivity contribution in [3.05, 3.63) is 27.5 Å². The summed E-state index contributed by atoms with van der Waals surface area (Å²) in [6.07, 6.45) is 0. The molecule has 0 spiro atoms. The molecule has 0 saturated carbocycles. The number of hydrogen-bond acceptors (Lipinski definition) is 3. The topological polar surface area (TPSA) is 57.5 Å². The molecule has 2 rings (SSSR count). The monoisotopic (exact) mass is 272 g/mol. The Hall–Kier alpha value is -1.07. The zero-order valence-corrected chi connectivity index (χ0v) is 9.22. The Balaban J connectivity index is 2.80. The molecule has 1 aromatic heterocycles. The molecule has 1 heterocycles. The minimum Gasteiger partial charge on any atom is -0.507 e. The number of phenolic OH excluding ortho intramolecular Hbond substituents is 1. The molecule has 0 fully saturated rings. The molecular formula is C9H5BrO3S. The standard InChI is InChI=1S/C9H5BrO3S/c10-6-1-4-5(9(12)13)3-14-8(4)2-7(6)11/h1-3,11H,(H,12,13). The van der Waals surface area contributed by atoms with Crippen molar-refractivity contribution in [1.29, 1.82) is 0 Å². The molecule has 0 aliphatic carbocycles. The smallest absolute Gasteiger partial charge is 0.337 e. The molecule has 0 atom stereocenters. The van der Waals surface area contributed by atoms with E-state index in [-0.39, 0.29) is 11.3 Å². The first kappa shape index (κ1) is 9.48. The SMILES string of the molecule is O=C(O)c1csc2cc(O)c(Br)cc12. The van der Waals surface area contributed by atoms with Crippen LogP contribution in [-0.4, -0.2) is 16.2 Å². The summed E-state index contributed by atoms with van der Waals surface area (Å²) in [7, 11) is 0. The Morgan fingerprint density at radius 1 is 1.43 bits per heavy atom. The number of phenols is 1. The van der Waals surface area contributed by atoms with Crippen LogP contribution < -0.4 is 0 Å². The fourth-order valence-electron chi connectivity index (χ4n) is 1.20. The summed E-state index contributed by atoms with van der Waals surface area (Å²) in [6.45, 7) is 0. The Morgan fingerprint density at radius 2 is 2.14 bits per heavy atom. The first-order valence-corrected chi connectivity index (χ1v) is 5.40. The number of thiophene rings is 1. The van der Waals surface area contributed by atoms with Crippen LogP contribution in [0.2, 0.25) is 0 Å². The van der Waals surface area contributed by atoms with Crippen molar-refractivity contribution in [2.45, 2.75) is 0 Å². The first-order chi connectivity index (χ1) is 6.59. The molecule has 0 unspecified atom stereocenters. The maximum absolute atomic E-state index is 10.8. The van der Waals surface area contributed by atoms with Gasteiger partial charge in [-0.3, -0.25) is 0 Å². The highest BCUT2D eigenvalue weighted by molar-refractivity contribution is 9.10. The fourth-order valence-corrected chi connectivity index (χ4v) is 2.49. The van der Waals surface area contributed by atoms with E-state index in [4.69, 9.17) is 5.11 Å². The van der Waals surface area contributed by atoms with Crippen molar-refractivity contribution in [1.82, 2.24) is 0 Å². The number of hydrogen-bond donors (Lipinski definition) is 2. The van der Waals surface area contributed by atoms with Crippen molar-refractivity contribution in [2.75, 3.05) is 0 Å². The summed E-state index contributed by atoms with van der Waals surface area (Å²) in [5, 5.41) is 20.5. The van der Waals surface area contributed by atoms with Crippen LogP contribution in [0.25, 0.3) is 10.1 Å². The van der Waals surface area contributed by atoms with Gasteiger partial charge in [-0.2, -0.15) is 0 Å². The van der Waals surface area contributed by atoms with Crippen molar-refractivity contribution < 1.29 is 15.0 Å². The van der Waals surface area contributed by atoms with Crippen LogP contribution in [0.15, 0.2) is 22.0 Å². The van der Waals surface area contributed by atoms with Gasteiger partial charge in [0.2, 0.25) is 0 Å². The number of carboxylic acids is 1. The Labute approximate surface area is 91.7 Å². The summed E-state index contributed by atoms with van der Waals surface area (Å²) >= 11 is 4.45. The highest BCUT2D eigenvalue weighted by Crippen LogP contribution is 2.34. The number of carboxylic acid groups (broad SMARTS) is 1.